The predicted octanol–water partition coefficient (Wildman–Crippen LogP) is 1.62. The minimum absolute atomic E-state index is 0.00775. The van der Waals surface area contributed by atoms with Gasteiger partial charge in [0, 0.05) is 32.6 Å². The summed E-state index contributed by atoms with van der Waals surface area (Å²) in [5, 5.41) is 0. The Bertz CT molecular complexity index is 381. The van der Waals surface area contributed by atoms with E-state index in [0.717, 1.165) is 0 Å². The van der Waals surface area contributed by atoms with Crippen LogP contribution in [0.15, 0.2) is 0 Å². The molecular formula is C14H20O5. The van der Waals surface area contributed by atoms with Crippen molar-refractivity contribution in [2.75, 3.05) is 6.61 Å². The van der Waals surface area contributed by atoms with Gasteiger partial charge >= 0.3 is 5.97 Å². The van der Waals surface area contributed by atoms with E-state index in [-0.39, 0.29) is 36.8 Å². The second-order valence-corrected chi connectivity index (χ2v) is 4.95. The number of carbonyl (C=O) groups is 4. The van der Waals surface area contributed by atoms with Crippen molar-refractivity contribution in [3.8, 4) is 0 Å². The first kappa shape index (κ1) is 15.5. The highest BCUT2D eigenvalue weighted by atomic mass is 16.5. The minimum Gasteiger partial charge on any atom is -0.464 e. The van der Waals surface area contributed by atoms with Crippen LogP contribution in [0.4, 0.5) is 0 Å². The number of esters is 1. The van der Waals surface area contributed by atoms with Crippen LogP contribution >= 0.6 is 0 Å². The number of hydrogen-bond acceptors (Lipinski definition) is 5. The Morgan fingerprint density at radius 2 is 1.79 bits per heavy atom. The van der Waals surface area contributed by atoms with E-state index in [1.807, 2.05) is 0 Å². The molecule has 0 N–H and O–H groups in total. The third-order valence-electron chi connectivity index (χ3n) is 3.62. The van der Waals surface area contributed by atoms with Gasteiger partial charge in [0.25, 0.3) is 0 Å². The molecule has 0 radical (unpaired) electrons. The highest BCUT2D eigenvalue weighted by molar-refractivity contribution is 6.09. The number of rotatable bonds is 6. The molecule has 0 amide bonds. The van der Waals surface area contributed by atoms with E-state index >= 15 is 0 Å². The van der Waals surface area contributed by atoms with Gasteiger partial charge in [-0.3, -0.25) is 19.2 Å². The maximum atomic E-state index is 12.1. The van der Waals surface area contributed by atoms with E-state index < -0.39 is 11.4 Å². The summed E-state index contributed by atoms with van der Waals surface area (Å²) in [5.74, 6) is -0.913. The fourth-order valence-electron chi connectivity index (χ4n) is 2.31. The molecule has 0 aliphatic heterocycles. The van der Waals surface area contributed by atoms with Gasteiger partial charge in [-0.05, 0) is 12.8 Å². The SMILES string of the molecule is CCC(=O)CCC1(COC(C)=O)C(=O)CCCC1=O. The molecule has 0 saturated heterocycles. The van der Waals surface area contributed by atoms with Crippen molar-refractivity contribution in [1.29, 1.82) is 0 Å². The summed E-state index contributed by atoms with van der Waals surface area (Å²) in [6.45, 7) is 2.76. The van der Waals surface area contributed by atoms with Crippen LogP contribution in [-0.2, 0) is 23.9 Å². The maximum Gasteiger partial charge on any atom is 0.302 e. The molecule has 0 aromatic carbocycles. The van der Waals surface area contributed by atoms with Crippen LogP contribution in [0.3, 0.4) is 0 Å². The Balaban J connectivity index is 2.87. The van der Waals surface area contributed by atoms with Gasteiger partial charge in [-0.1, -0.05) is 6.92 Å². The van der Waals surface area contributed by atoms with E-state index in [9.17, 15) is 19.2 Å². The molecule has 1 aliphatic rings. The van der Waals surface area contributed by atoms with Gasteiger partial charge in [0.1, 0.15) is 29.4 Å². The zero-order valence-corrected chi connectivity index (χ0v) is 11.5. The van der Waals surface area contributed by atoms with Gasteiger partial charge in [-0.25, -0.2) is 0 Å². The molecule has 5 heteroatoms. The average Bonchev–Trinajstić information content (AvgIpc) is 2.37. The number of Topliss-reactive ketones (excluding diaryl/α,β-unsaturated/α-hetero) is 3. The molecule has 5 nitrogen and oxygen atoms in total. The Labute approximate surface area is 112 Å². The van der Waals surface area contributed by atoms with Crippen molar-refractivity contribution >= 4 is 23.3 Å². The fourth-order valence-corrected chi connectivity index (χ4v) is 2.31. The molecule has 1 rings (SSSR count). The summed E-state index contributed by atoms with van der Waals surface area (Å²) in [6, 6.07) is 0. The quantitative estimate of drug-likeness (QED) is 0.540. The van der Waals surface area contributed by atoms with Crippen molar-refractivity contribution in [1.82, 2.24) is 0 Å². The van der Waals surface area contributed by atoms with Gasteiger partial charge in [-0.2, -0.15) is 0 Å². The van der Waals surface area contributed by atoms with Gasteiger partial charge in [0.15, 0.2) is 0 Å². The van der Waals surface area contributed by atoms with Gasteiger partial charge in [0.05, 0.1) is 0 Å². The summed E-state index contributed by atoms with van der Waals surface area (Å²) in [5.41, 5.74) is -1.28. The Morgan fingerprint density at radius 3 is 2.26 bits per heavy atom. The summed E-state index contributed by atoms with van der Waals surface area (Å²) < 4.78 is 4.90. The molecule has 0 aromatic rings. The van der Waals surface area contributed by atoms with Gasteiger partial charge in [-0.15, -0.1) is 0 Å². The zero-order valence-electron chi connectivity index (χ0n) is 11.5. The summed E-state index contributed by atoms with van der Waals surface area (Å²) in [6.07, 6.45) is 1.88. The lowest BCUT2D eigenvalue weighted by atomic mass is 9.69. The third-order valence-corrected chi connectivity index (χ3v) is 3.62. The molecule has 0 heterocycles. The van der Waals surface area contributed by atoms with Crippen LogP contribution in [0.5, 0.6) is 0 Å². The number of ether oxygens (including phenoxy) is 1. The first-order valence-corrected chi connectivity index (χ1v) is 6.64. The Hall–Kier alpha value is -1.52. The molecular weight excluding hydrogens is 248 g/mol. The first-order valence-electron chi connectivity index (χ1n) is 6.64. The lowest BCUT2D eigenvalue weighted by Crippen LogP contribution is -2.46. The van der Waals surface area contributed by atoms with Gasteiger partial charge in [0.2, 0.25) is 0 Å². The molecule has 19 heavy (non-hydrogen) atoms. The second kappa shape index (κ2) is 6.59. The zero-order chi connectivity index (χ0) is 14.5. The van der Waals surface area contributed by atoms with Crippen LogP contribution < -0.4 is 0 Å². The summed E-state index contributed by atoms with van der Waals surface area (Å²) >= 11 is 0. The van der Waals surface area contributed by atoms with Crippen LogP contribution in [0.1, 0.15) is 52.4 Å². The van der Waals surface area contributed by atoms with E-state index in [1.54, 1.807) is 6.92 Å². The van der Waals surface area contributed by atoms with Crippen molar-refractivity contribution in [3.63, 3.8) is 0 Å². The third kappa shape index (κ3) is 3.72. The topological polar surface area (TPSA) is 77.5 Å². The normalized spacial score (nSPS) is 18.2. The Kier molecular flexibility index (Phi) is 5.39. The van der Waals surface area contributed by atoms with Crippen LogP contribution in [0.25, 0.3) is 0 Å². The number of carbonyl (C=O) groups excluding carboxylic acids is 4. The molecule has 1 aliphatic carbocycles. The largest absolute Gasteiger partial charge is 0.464 e. The van der Waals surface area contributed by atoms with E-state index in [4.69, 9.17) is 4.74 Å². The van der Waals surface area contributed by atoms with Crippen LogP contribution in [0.2, 0.25) is 0 Å². The highest BCUT2D eigenvalue weighted by Gasteiger charge is 2.47. The molecule has 1 fully saturated rings. The minimum atomic E-state index is -1.28. The number of hydrogen-bond donors (Lipinski definition) is 0. The molecule has 0 spiro atoms. The standard InChI is InChI=1S/C14H20O5/c1-3-11(16)7-8-14(9-19-10(2)15)12(17)5-4-6-13(14)18/h3-9H2,1-2H3. The molecule has 0 aromatic heterocycles. The average molecular weight is 268 g/mol. The fraction of sp³-hybridized carbons (Fsp3) is 0.714. The summed E-state index contributed by atoms with van der Waals surface area (Å²) in [4.78, 5) is 46.6. The maximum absolute atomic E-state index is 12.1. The molecule has 1 saturated carbocycles. The monoisotopic (exact) mass is 268 g/mol. The first-order chi connectivity index (χ1) is 8.92. The second-order valence-electron chi connectivity index (χ2n) is 4.95. The Morgan fingerprint density at radius 1 is 1.21 bits per heavy atom. The van der Waals surface area contributed by atoms with Crippen LogP contribution in [-0.4, -0.2) is 29.9 Å². The predicted molar refractivity (Wildman–Crippen MR) is 67.5 cm³/mol. The molecule has 0 atom stereocenters. The van der Waals surface area contributed by atoms with Crippen molar-refractivity contribution in [3.05, 3.63) is 0 Å². The van der Waals surface area contributed by atoms with E-state index in [1.165, 1.54) is 6.92 Å². The van der Waals surface area contributed by atoms with Gasteiger partial charge < -0.3 is 4.74 Å². The molecule has 106 valence electrons. The number of ketones is 3. The summed E-state index contributed by atoms with van der Waals surface area (Å²) in [7, 11) is 0. The van der Waals surface area contributed by atoms with Crippen LogP contribution in [0, 0.1) is 5.41 Å². The lowest BCUT2D eigenvalue weighted by Gasteiger charge is -2.33. The highest BCUT2D eigenvalue weighted by Crippen LogP contribution is 2.35. The molecule has 0 bridgehead atoms. The molecule has 0 unspecified atom stereocenters. The van der Waals surface area contributed by atoms with Crippen molar-refractivity contribution < 1.29 is 23.9 Å². The smallest absolute Gasteiger partial charge is 0.302 e. The van der Waals surface area contributed by atoms with Crippen molar-refractivity contribution in [2.45, 2.75) is 52.4 Å². The van der Waals surface area contributed by atoms with E-state index in [0.29, 0.717) is 25.7 Å². The van der Waals surface area contributed by atoms with Crippen molar-refractivity contribution in [2.24, 2.45) is 5.41 Å². The lowest BCUT2D eigenvalue weighted by molar-refractivity contribution is -0.155. The van der Waals surface area contributed by atoms with E-state index in [2.05, 4.69) is 0 Å².